The number of carbonyl (C=O) groups is 1. The van der Waals surface area contributed by atoms with Gasteiger partial charge in [0.05, 0.1) is 18.2 Å². The Balaban J connectivity index is 1.60. The van der Waals surface area contributed by atoms with Crippen LogP contribution in [0, 0.1) is 6.92 Å². The molecule has 2 amide bonds. The van der Waals surface area contributed by atoms with Crippen LogP contribution in [0.1, 0.15) is 35.5 Å². The van der Waals surface area contributed by atoms with E-state index in [2.05, 4.69) is 10.5 Å². The lowest BCUT2D eigenvalue weighted by Crippen LogP contribution is -2.45. The first-order chi connectivity index (χ1) is 16.1. The molecule has 1 aliphatic heterocycles. The van der Waals surface area contributed by atoms with E-state index in [9.17, 15) is 4.79 Å². The van der Waals surface area contributed by atoms with E-state index in [1.165, 1.54) is 0 Å². The van der Waals surface area contributed by atoms with Crippen LogP contribution >= 0.6 is 0 Å². The highest BCUT2D eigenvalue weighted by molar-refractivity contribution is 5.86. The van der Waals surface area contributed by atoms with Gasteiger partial charge in [-0.3, -0.25) is 4.90 Å². The molecule has 1 N–H and O–H groups in total. The van der Waals surface area contributed by atoms with E-state index in [0.717, 1.165) is 33.5 Å². The van der Waals surface area contributed by atoms with Crippen molar-refractivity contribution in [3.63, 3.8) is 0 Å². The minimum atomic E-state index is -0.393. The molecule has 4 aromatic rings. The molecule has 6 heteroatoms. The third-order valence-electron chi connectivity index (χ3n) is 6.01. The van der Waals surface area contributed by atoms with E-state index < -0.39 is 6.04 Å². The van der Waals surface area contributed by atoms with E-state index in [1.54, 1.807) is 4.90 Å². The number of aryl methyl sites for hydroxylation is 1. The number of carbonyl (C=O) groups excluding carboxylic acids is 1. The average molecular weight is 437 g/mol. The van der Waals surface area contributed by atoms with Gasteiger partial charge in [-0.2, -0.15) is 4.98 Å². The molecular formula is C27H24N4O2. The molecule has 1 unspecified atom stereocenters. The quantitative estimate of drug-likeness (QED) is 0.433. The highest BCUT2D eigenvalue weighted by Gasteiger charge is 2.35. The molecule has 0 saturated carbocycles. The van der Waals surface area contributed by atoms with Crippen molar-refractivity contribution in [2.24, 2.45) is 0 Å². The van der Waals surface area contributed by atoms with Crippen LogP contribution in [0.25, 0.3) is 17.0 Å². The van der Waals surface area contributed by atoms with Gasteiger partial charge in [0.15, 0.2) is 0 Å². The number of allylic oxidation sites excluding steroid dienone is 1. The Hall–Kier alpha value is -4.19. The SMILES string of the molecule is CC1=C(c2nc(-c3ccccc3)no2)C(c2ccccc2)NC(=O)N1Cc1ccccc1C. The summed E-state index contributed by atoms with van der Waals surface area (Å²) in [6, 6.07) is 27.1. The zero-order valence-corrected chi connectivity index (χ0v) is 18.5. The van der Waals surface area contributed by atoms with Crippen molar-refractivity contribution in [3.8, 4) is 11.4 Å². The largest absolute Gasteiger partial charge is 0.334 e. The van der Waals surface area contributed by atoms with Crippen LogP contribution in [-0.2, 0) is 6.54 Å². The normalized spacial score (nSPS) is 16.1. The number of hydrogen-bond donors (Lipinski definition) is 1. The smallest absolute Gasteiger partial charge is 0.322 e. The van der Waals surface area contributed by atoms with Gasteiger partial charge in [0.25, 0.3) is 5.89 Å². The summed E-state index contributed by atoms with van der Waals surface area (Å²) in [7, 11) is 0. The standard InChI is InChI=1S/C27H24N4O2/c1-18-11-9-10-16-22(18)17-31-19(2)23(24(28-27(31)32)20-12-5-3-6-13-20)26-29-25(30-33-26)21-14-7-4-8-15-21/h3-16,24H,17H2,1-2H3,(H,28,32). The minimum absolute atomic E-state index is 0.156. The van der Waals surface area contributed by atoms with E-state index in [1.807, 2.05) is 98.8 Å². The topological polar surface area (TPSA) is 71.3 Å². The molecule has 0 aliphatic carbocycles. The van der Waals surface area contributed by atoms with Gasteiger partial charge in [0.2, 0.25) is 5.82 Å². The highest BCUT2D eigenvalue weighted by atomic mass is 16.5. The Morgan fingerprint density at radius 1 is 0.909 bits per heavy atom. The lowest BCUT2D eigenvalue weighted by atomic mass is 9.94. The molecule has 0 radical (unpaired) electrons. The predicted molar refractivity (Wildman–Crippen MR) is 127 cm³/mol. The van der Waals surface area contributed by atoms with Gasteiger partial charge in [-0.15, -0.1) is 0 Å². The van der Waals surface area contributed by atoms with Crippen LogP contribution < -0.4 is 5.32 Å². The summed E-state index contributed by atoms with van der Waals surface area (Å²) in [5.41, 5.74) is 5.63. The molecule has 0 fully saturated rings. The van der Waals surface area contributed by atoms with Crippen molar-refractivity contribution >= 4 is 11.6 Å². The Kier molecular flexibility index (Phi) is 5.48. The average Bonchev–Trinajstić information content (AvgIpc) is 3.33. The zero-order valence-electron chi connectivity index (χ0n) is 18.5. The van der Waals surface area contributed by atoms with Crippen LogP contribution in [0.2, 0.25) is 0 Å². The fourth-order valence-corrected chi connectivity index (χ4v) is 4.14. The van der Waals surface area contributed by atoms with Gasteiger partial charge in [-0.1, -0.05) is 90.1 Å². The van der Waals surface area contributed by atoms with Gasteiger partial charge in [0.1, 0.15) is 0 Å². The zero-order chi connectivity index (χ0) is 22.8. The van der Waals surface area contributed by atoms with Crippen LogP contribution in [0.3, 0.4) is 0 Å². The molecule has 1 aromatic heterocycles. The number of urea groups is 1. The van der Waals surface area contributed by atoms with Crippen molar-refractivity contribution in [1.82, 2.24) is 20.4 Å². The molecule has 1 aliphatic rings. The molecule has 2 heterocycles. The van der Waals surface area contributed by atoms with Gasteiger partial charge in [-0.05, 0) is 30.5 Å². The summed E-state index contributed by atoms with van der Waals surface area (Å²) < 4.78 is 5.74. The van der Waals surface area contributed by atoms with Crippen molar-refractivity contribution in [2.45, 2.75) is 26.4 Å². The maximum Gasteiger partial charge on any atom is 0.322 e. The first-order valence-corrected chi connectivity index (χ1v) is 10.9. The summed E-state index contributed by atoms with van der Waals surface area (Å²) >= 11 is 0. The Labute approximate surface area is 192 Å². The molecular weight excluding hydrogens is 412 g/mol. The van der Waals surface area contributed by atoms with E-state index in [0.29, 0.717) is 18.3 Å². The fourth-order valence-electron chi connectivity index (χ4n) is 4.14. The number of amides is 2. The number of nitrogens with one attached hydrogen (secondary N) is 1. The molecule has 0 saturated heterocycles. The second kappa shape index (κ2) is 8.74. The third-order valence-corrected chi connectivity index (χ3v) is 6.01. The van der Waals surface area contributed by atoms with Crippen LogP contribution in [0.4, 0.5) is 4.79 Å². The Morgan fingerprint density at radius 3 is 2.30 bits per heavy atom. The number of rotatable bonds is 5. The van der Waals surface area contributed by atoms with Crippen molar-refractivity contribution < 1.29 is 9.32 Å². The van der Waals surface area contributed by atoms with Gasteiger partial charge in [-0.25, -0.2) is 4.79 Å². The van der Waals surface area contributed by atoms with Crippen LogP contribution in [0.5, 0.6) is 0 Å². The summed E-state index contributed by atoms with van der Waals surface area (Å²) in [6.45, 7) is 4.44. The lowest BCUT2D eigenvalue weighted by molar-refractivity contribution is 0.203. The van der Waals surface area contributed by atoms with Crippen molar-refractivity contribution in [3.05, 3.63) is 113 Å². The minimum Gasteiger partial charge on any atom is -0.334 e. The van der Waals surface area contributed by atoms with E-state index >= 15 is 0 Å². The molecule has 1 atom stereocenters. The maximum atomic E-state index is 13.2. The number of benzene rings is 3. The van der Waals surface area contributed by atoms with Crippen molar-refractivity contribution in [1.29, 1.82) is 0 Å². The molecule has 6 nitrogen and oxygen atoms in total. The molecule has 5 rings (SSSR count). The fraction of sp³-hybridized carbons (Fsp3) is 0.148. The van der Waals surface area contributed by atoms with Gasteiger partial charge < -0.3 is 9.84 Å². The molecule has 0 bridgehead atoms. The summed E-state index contributed by atoms with van der Waals surface area (Å²) in [5.74, 6) is 0.912. The first kappa shape index (κ1) is 20.7. The van der Waals surface area contributed by atoms with Crippen LogP contribution in [0.15, 0.2) is 95.1 Å². The second-order valence-corrected chi connectivity index (χ2v) is 8.09. The highest BCUT2D eigenvalue weighted by Crippen LogP contribution is 2.37. The second-order valence-electron chi connectivity index (χ2n) is 8.09. The molecule has 33 heavy (non-hydrogen) atoms. The monoisotopic (exact) mass is 436 g/mol. The molecule has 0 spiro atoms. The number of nitrogens with zero attached hydrogens (tertiary/aromatic N) is 3. The number of aromatic nitrogens is 2. The number of hydrogen-bond acceptors (Lipinski definition) is 4. The molecule has 164 valence electrons. The Morgan fingerprint density at radius 2 is 1.58 bits per heavy atom. The summed E-state index contributed by atoms with van der Waals surface area (Å²) in [6.07, 6.45) is 0. The van der Waals surface area contributed by atoms with E-state index in [-0.39, 0.29) is 6.03 Å². The van der Waals surface area contributed by atoms with Crippen LogP contribution in [-0.4, -0.2) is 21.1 Å². The Bertz CT molecular complexity index is 1310. The van der Waals surface area contributed by atoms with Gasteiger partial charge >= 0.3 is 6.03 Å². The third kappa shape index (κ3) is 4.03. The summed E-state index contributed by atoms with van der Waals surface area (Å²) in [4.78, 5) is 19.7. The van der Waals surface area contributed by atoms with Gasteiger partial charge in [0, 0.05) is 11.3 Å². The maximum absolute atomic E-state index is 13.2. The van der Waals surface area contributed by atoms with E-state index in [4.69, 9.17) is 9.51 Å². The summed E-state index contributed by atoms with van der Waals surface area (Å²) in [5, 5.41) is 7.37. The predicted octanol–water partition coefficient (Wildman–Crippen LogP) is 5.74. The van der Waals surface area contributed by atoms with Crippen molar-refractivity contribution in [2.75, 3.05) is 0 Å². The lowest BCUT2D eigenvalue weighted by Gasteiger charge is -2.35. The molecule has 3 aromatic carbocycles. The first-order valence-electron chi connectivity index (χ1n) is 10.9.